The second-order valence-corrected chi connectivity index (χ2v) is 12.7. The number of para-hydroxylation sites is 1. The van der Waals surface area contributed by atoms with Crippen LogP contribution in [0.2, 0.25) is 0 Å². The molecule has 48 heavy (non-hydrogen) atoms. The van der Waals surface area contributed by atoms with E-state index in [0.29, 0.717) is 46.8 Å². The largest absolute Gasteiger partial charge is 0.494 e. The zero-order chi connectivity index (χ0) is 34.3. The Labute approximate surface area is 283 Å². The van der Waals surface area contributed by atoms with Gasteiger partial charge in [-0.2, -0.15) is 0 Å². The monoisotopic (exact) mass is 644 g/mol. The molecule has 3 heterocycles. The number of amides is 1. The zero-order valence-electron chi connectivity index (χ0n) is 28.6. The molecule has 5 rings (SSSR count). The standard InChI is InChI=1S/C35H42B2N8O3/c1-5-8-22-15-16-39-25(17-22)20-45(3)30(21-46)27-14-13-23(19-40-27)26-11-7-12-28(33(26)48-4)41-29-18-31(38-2)43-44-32(29)34(47)42-35(36,37)24-9-6-10-24/h7,11-19,24H,5-6,8-10,20,36-37H2,1-4H3,(H,42,47)(H2,38,41,43). The second-order valence-electron chi connectivity index (χ2n) is 12.7. The summed E-state index contributed by atoms with van der Waals surface area (Å²) in [6, 6.07) is 15.2. The molecule has 1 aromatic carbocycles. The van der Waals surface area contributed by atoms with Gasteiger partial charge in [-0.15, -0.1) is 10.2 Å². The number of benzene rings is 1. The first-order chi connectivity index (χ1) is 23.2. The van der Waals surface area contributed by atoms with E-state index in [4.69, 9.17) is 4.74 Å². The number of hydrogen-bond acceptors (Lipinski definition) is 10. The molecule has 246 valence electrons. The highest BCUT2D eigenvalue weighted by Crippen LogP contribution is 2.39. The molecule has 1 aliphatic rings. The Hall–Kier alpha value is -5.15. The van der Waals surface area contributed by atoms with Crippen LogP contribution < -0.4 is 20.7 Å². The minimum atomic E-state index is -0.364. The molecular weight excluding hydrogens is 602 g/mol. The highest BCUT2D eigenvalue weighted by Gasteiger charge is 2.35. The molecule has 11 nitrogen and oxygen atoms in total. The summed E-state index contributed by atoms with van der Waals surface area (Å²) < 4.78 is 5.90. The van der Waals surface area contributed by atoms with E-state index in [1.807, 2.05) is 37.4 Å². The Kier molecular flexibility index (Phi) is 10.8. The van der Waals surface area contributed by atoms with Crippen LogP contribution in [0, 0.1) is 5.92 Å². The maximum absolute atomic E-state index is 13.5. The fraction of sp³-hybridized carbons (Fsp3) is 0.343. The zero-order valence-corrected chi connectivity index (χ0v) is 28.6. The summed E-state index contributed by atoms with van der Waals surface area (Å²) in [5.74, 6) is 3.26. The van der Waals surface area contributed by atoms with Gasteiger partial charge >= 0.3 is 0 Å². The first kappa shape index (κ1) is 34.2. The van der Waals surface area contributed by atoms with Crippen LogP contribution >= 0.6 is 0 Å². The lowest BCUT2D eigenvalue weighted by atomic mass is 9.50. The molecular formula is C35H42B2N8O3. The Morgan fingerprint density at radius 3 is 2.56 bits per heavy atom. The van der Waals surface area contributed by atoms with Crippen LogP contribution in [-0.4, -0.2) is 79.1 Å². The molecule has 1 fully saturated rings. The molecule has 0 bridgehead atoms. The fourth-order valence-corrected chi connectivity index (χ4v) is 5.99. The number of carbonyl (C=O) groups excluding carboxylic acids is 2. The number of anilines is 3. The summed E-state index contributed by atoms with van der Waals surface area (Å²) >= 11 is 0. The van der Waals surface area contributed by atoms with E-state index >= 15 is 0 Å². The van der Waals surface area contributed by atoms with Crippen LogP contribution in [0.4, 0.5) is 17.2 Å². The molecule has 4 aromatic rings. The second kappa shape index (κ2) is 15.2. The van der Waals surface area contributed by atoms with Crippen molar-refractivity contribution in [2.45, 2.75) is 50.9 Å². The highest BCUT2D eigenvalue weighted by molar-refractivity contribution is 6.41. The number of methoxy groups -OCH3 is 1. The molecule has 0 unspecified atom stereocenters. The molecule has 3 aromatic heterocycles. The van der Waals surface area contributed by atoms with E-state index < -0.39 is 0 Å². The average Bonchev–Trinajstić information content (AvgIpc) is 3.04. The molecule has 1 saturated carbocycles. The van der Waals surface area contributed by atoms with Crippen molar-refractivity contribution < 1.29 is 14.3 Å². The van der Waals surface area contributed by atoms with Crippen LogP contribution in [0.25, 0.3) is 16.8 Å². The summed E-state index contributed by atoms with van der Waals surface area (Å²) in [6.45, 7) is 2.59. The lowest BCUT2D eigenvalue weighted by Crippen LogP contribution is -2.57. The molecule has 0 spiro atoms. The topological polar surface area (TPSA) is 134 Å². The fourth-order valence-electron chi connectivity index (χ4n) is 5.99. The molecule has 0 saturated heterocycles. The van der Waals surface area contributed by atoms with Crippen LogP contribution in [0.3, 0.4) is 0 Å². The van der Waals surface area contributed by atoms with Gasteiger partial charge < -0.3 is 25.6 Å². The first-order valence-corrected chi connectivity index (χ1v) is 16.4. The number of nitrogens with zero attached hydrogens (tertiary/aromatic N) is 5. The van der Waals surface area contributed by atoms with E-state index in [0.717, 1.165) is 42.5 Å². The Bertz CT molecular complexity index is 1810. The van der Waals surface area contributed by atoms with E-state index in [-0.39, 0.29) is 16.9 Å². The van der Waals surface area contributed by atoms with Gasteiger partial charge in [-0.05, 0) is 60.3 Å². The van der Waals surface area contributed by atoms with Gasteiger partial charge in [-0.3, -0.25) is 14.8 Å². The third-order valence-corrected chi connectivity index (χ3v) is 8.93. The molecule has 0 atom stereocenters. The summed E-state index contributed by atoms with van der Waals surface area (Å²) in [7, 11) is 9.28. The Morgan fingerprint density at radius 1 is 1.10 bits per heavy atom. The Morgan fingerprint density at radius 2 is 1.92 bits per heavy atom. The summed E-state index contributed by atoms with van der Waals surface area (Å²) in [6.07, 6.45) is 8.91. The van der Waals surface area contributed by atoms with Crippen LogP contribution in [0.5, 0.6) is 5.75 Å². The van der Waals surface area contributed by atoms with Crippen molar-refractivity contribution >= 4 is 50.4 Å². The van der Waals surface area contributed by atoms with E-state index in [1.165, 1.54) is 12.0 Å². The van der Waals surface area contributed by atoms with Gasteiger partial charge in [-0.1, -0.05) is 38.0 Å². The highest BCUT2D eigenvalue weighted by atomic mass is 16.5. The van der Waals surface area contributed by atoms with Crippen molar-refractivity contribution in [1.29, 1.82) is 0 Å². The van der Waals surface area contributed by atoms with Crippen LogP contribution in [0.1, 0.15) is 60.0 Å². The lowest BCUT2D eigenvalue weighted by Gasteiger charge is -2.41. The van der Waals surface area contributed by atoms with Crippen LogP contribution in [0.15, 0.2) is 60.9 Å². The minimum absolute atomic E-state index is 0.185. The number of hydrogen-bond donors (Lipinski definition) is 3. The number of carbonyl (C=O) groups is 1. The number of rotatable bonds is 14. The van der Waals surface area contributed by atoms with Gasteiger partial charge in [0.05, 0.1) is 36.4 Å². The van der Waals surface area contributed by atoms with E-state index in [2.05, 4.69) is 70.7 Å². The summed E-state index contributed by atoms with van der Waals surface area (Å²) in [4.78, 5) is 36.5. The van der Waals surface area contributed by atoms with Crippen molar-refractivity contribution in [3.8, 4) is 16.9 Å². The number of aryl methyl sites for hydroxylation is 1. The number of nitrogens with one attached hydrogen (secondary N) is 3. The maximum Gasteiger partial charge on any atom is 0.273 e. The minimum Gasteiger partial charge on any atom is -0.494 e. The average molecular weight is 644 g/mol. The van der Waals surface area contributed by atoms with Crippen molar-refractivity contribution in [3.63, 3.8) is 0 Å². The number of pyridine rings is 2. The third kappa shape index (κ3) is 7.69. The van der Waals surface area contributed by atoms with E-state index in [9.17, 15) is 9.59 Å². The molecule has 1 amide bonds. The molecule has 1 aliphatic carbocycles. The molecule has 13 heteroatoms. The van der Waals surface area contributed by atoms with E-state index in [1.54, 1.807) is 43.6 Å². The van der Waals surface area contributed by atoms with Crippen LogP contribution in [-0.2, 0) is 17.8 Å². The lowest BCUT2D eigenvalue weighted by molar-refractivity contribution is 0.0910. The van der Waals surface area contributed by atoms with Gasteiger partial charge in [0.15, 0.2) is 17.5 Å². The molecule has 3 N–H and O–H groups in total. The summed E-state index contributed by atoms with van der Waals surface area (Å²) in [5, 5.41) is 17.6. The predicted molar refractivity (Wildman–Crippen MR) is 195 cm³/mol. The van der Waals surface area contributed by atoms with Crippen molar-refractivity contribution in [2.24, 2.45) is 5.92 Å². The van der Waals surface area contributed by atoms with Gasteiger partial charge in [0, 0.05) is 43.7 Å². The van der Waals surface area contributed by atoms with Crippen molar-refractivity contribution in [1.82, 2.24) is 30.4 Å². The SMILES string of the molecule is BC(B)(NC(=O)c1nnc(NC)cc1Nc1cccc(-c2ccc(C(=C=O)N(C)Cc3cc(CCC)ccn3)nc2)c1OC)C1CCC1. The predicted octanol–water partition coefficient (Wildman–Crippen LogP) is 3.43. The first-order valence-electron chi connectivity index (χ1n) is 16.4. The number of ether oxygens (including phenoxy) is 1. The molecule has 0 aliphatic heterocycles. The Balaban J connectivity index is 1.38. The third-order valence-electron chi connectivity index (χ3n) is 8.93. The normalized spacial score (nSPS) is 12.8. The van der Waals surface area contributed by atoms with Gasteiger partial charge in [0.1, 0.15) is 27.1 Å². The smallest absolute Gasteiger partial charge is 0.273 e. The quantitative estimate of drug-likeness (QED) is 0.139. The van der Waals surface area contributed by atoms with Gasteiger partial charge in [-0.25, -0.2) is 4.79 Å². The maximum atomic E-state index is 13.5. The molecule has 0 radical (unpaired) electrons. The summed E-state index contributed by atoms with van der Waals surface area (Å²) in [5.41, 5.74) is 5.78. The van der Waals surface area contributed by atoms with Crippen molar-refractivity contribution in [3.05, 3.63) is 83.6 Å². The van der Waals surface area contributed by atoms with Crippen molar-refractivity contribution in [2.75, 3.05) is 31.8 Å². The van der Waals surface area contributed by atoms with Gasteiger partial charge in [0.25, 0.3) is 5.91 Å². The van der Waals surface area contributed by atoms with Gasteiger partial charge in [0.2, 0.25) is 0 Å². The number of aromatic nitrogens is 4.